The molecule has 19 heavy (non-hydrogen) atoms. The predicted octanol–water partition coefficient (Wildman–Crippen LogP) is 0.938. The first-order valence-electron chi connectivity index (χ1n) is 6.73. The molecule has 0 bridgehead atoms. The van der Waals surface area contributed by atoms with E-state index in [0.29, 0.717) is 13.0 Å². The maximum Gasteiger partial charge on any atom is 0.221 e. The van der Waals surface area contributed by atoms with Crippen molar-refractivity contribution in [3.05, 3.63) is 12.4 Å². The van der Waals surface area contributed by atoms with Gasteiger partial charge in [-0.1, -0.05) is 26.0 Å². The number of hydrogen-bond donors (Lipinski definition) is 2. The summed E-state index contributed by atoms with van der Waals surface area (Å²) in [5.41, 5.74) is 6.12. The van der Waals surface area contributed by atoms with E-state index >= 15 is 0 Å². The lowest BCUT2D eigenvalue weighted by Crippen LogP contribution is -2.34. The van der Waals surface area contributed by atoms with Crippen LogP contribution in [0, 0.1) is 5.41 Å². The number of carbonyl (C=O) groups excluding carboxylic acids is 1. The van der Waals surface area contributed by atoms with Gasteiger partial charge in [0, 0.05) is 31.7 Å². The Morgan fingerprint density at radius 3 is 2.79 bits per heavy atom. The van der Waals surface area contributed by atoms with Crippen LogP contribution in [0.1, 0.15) is 40.0 Å². The molecular formula is C13H25N5O. The summed E-state index contributed by atoms with van der Waals surface area (Å²) in [6, 6.07) is -0.0738. The summed E-state index contributed by atoms with van der Waals surface area (Å²) in [6.45, 7) is 7.78. The Hall–Kier alpha value is -1.43. The minimum atomic E-state index is -0.0738. The second-order valence-corrected chi connectivity index (χ2v) is 6.10. The summed E-state index contributed by atoms with van der Waals surface area (Å²) in [4.78, 5) is 11.7. The van der Waals surface area contributed by atoms with Crippen LogP contribution < -0.4 is 11.1 Å². The van der Waals surface area contributed by atoms with Crippen molar-refractivity contribution in [1.82, 2.24) is 20.3 Å². The molecule has 1 aromatic rings. The van der Waals surface area contributed by atoms with Crippen LogP contribution in [0.2, 0.25) is 0 Å². The molecule has 1 atom stereocenters. The van der Waals surface area contributed by atoms with Crippen LogP contribution in [-0.2, 0) is 11.3 Å². The van der Waals surface area contributed by atoms with Gasteiger partial charge in [0.1, 0.15) is 0 Å². The van der Waals surface area contributed by atoms with Gasteiger partial charge in [-0.05, 0) is 18.3 Å². The summed E-state index contributed by atoms with van der Waals surface area (Å²) in [6.07, 6.45) is 5.52. The Morgan fingerprint density at radius 1 is 1.47 bits per heavy atom. The third-order valence-electron chi connectivity index (χ3n) is 2.68. The van der Waals surface area contributed by atoms with Crippen LogP contribution in [0.4, 0.5) is 0 Å². The minimum absolute atomic E-state index is 0.0235. The zero-order chi connectivity index (χ0) is 14.3. The van der Waals surface area contributed by atoms with Gasteiger partial charge < -0.3 is 11.1 Å². The van der Waals surface area contributed by atoms with E-state index in [4.69, 9.17) is 5.73 Å². The molecule has 6 nitrogen and oxygen atoms in total. The van der Waals surface area contributed by atoms with E-state index in [2.05, 4.69) is 36.4 Å². The fourth-order valence-electron chi connectivity index (χ4n) is 1.99. The number of hydrogen-bond acceptors (Lipinski definition) is 4. The molecule has 1 amide bonds. The average Bonchev–Trinajstić information content (AvgIpc) is 2.74. The molecule has 1 unspecified atom stereocenters. The fourth-order valence-corrected chi connectivity index (χ4v) is 1.99. The second kappa shape index (κ2) is 7.23. The Labute approximate surface area is 114 Å². The normalized spacial score (nSPS) is 13.3. The second-order valence-electron chi connectivity index (χ2n) is 6.10. The first-order valence-corrected chi connectivity index (χ1v) is 6.73. The van der Waals surface area contributed by atoms with Crippen molar-refractivity contribution in [3.63, 3.8) is 0 Å². The van der Waals surface area contributed by atoms with Crippen LogP contribution in [0.25, 0.3) is 0 Å². The molecule has 0 saturated heterocycles. The number of aromatic nitrogens is 3. The van der Waals surface area contributed by atoms with Crippen LogP contribution in [-0.4, -0.2) is 33.5 Å². The van der Waals surface area contributed by atoms with Gasteiger partial charge in [0.15, 0.2) is 0 Å². The third kappa shape index (κ3) is 7.56. The Balaban J connectivity index is 2.10. The molecule has 0 aliphatic heterocycles. The first-order chi connectivity index (χ1) is 8.87. The summed E-state index contributed by atoms with van der Waals surface area (Å²) < 4.78 is 1.75. The van der Waals surface area contributed by atoms with E-state index in [9.17, 15) is 4.79 Å². The van der Waals surface area contributed by atoms with E-state index in [-0.39, 0.29) is 17.4 Å². The molecule has 0 radical (unpaired) electrons. The SMILES string of the molecule is CC(C)(C)CC(N)CC(=O)NCCCn1ccnn1. The Morgan fingerprint density at radius 2 is 2.21 bits per heavy atom. The van der Waals surface area contributed by atoms with Gasteiger partial charge in [-0.2, -0.15) is 0 Å². The highest BCUT2D eigenvalue weighted by Gasteiger charge is 2.17. The molecule has 0 spiro atoms. The molecule has 108 valence electrons. The molecule has 0 saturated carbocycles. The van der Waals surface area contributed by atoms with Crippen molar-refractivity contribution in [2.24, 2.45) is 11.1 Å². The molecule has 0 aliphatic rings. The van der Waals surface area contributed by atoms with E-state index < -0.39 is 0 Å². The van der Waals surface area contributed by atoms with E-state index in [1.807, 2.05) is 0 Å². The number of aryl methyl sites for hydroxylation is 1. The fraction of sp³-hybridized carbons (Fsp3) is 0.769. The van der Waals surface area contributed by atoms with Crippen LogP contribution in [0.3, 0.4) is 0 Å². The molecular weight excluding hydrogens is 242 g/mol. The molecule has 1 aromatic heterocycles. The largest absolute Gasteiger partial charge is 0.356 e. The molecule has 6 heteroatoms. The highest BCUT2D eigenvalue weighted by atomic mass is 16.1. The molecule has 0 aromatic carbocycles. The predicted molar refractivity (Wildman–Crippen MR) is 74.3 cm³/mol. The number of nitrogens with one attached hydrogen (secondary N) is 1. The Kier molecular flexibility index (Phi) is 5.95. The molecule has 0 aliphatic carbocycles. The number of nitrogens with zero attached hydrogens (tertiary/aromatic N) is 3. The van der Waals surface area contributed by atoms with Crippen molar-refractivity contribution < 1.29 is 4.79 Å². The summed E-state index contributed by atoms with van der Waals surface area (Å²) in [5, 5.41) is 10.5. The third-order valence-corrected chi connectivity index (χ3v) is 2.68. The average molecular weight is 267 g/mol. The smallest absolute Gasteiger partial charge is 0.221 e. The Bertz CT molecular complexity index is 369. The van der Waals surface area contributed by atoms with Crippen molar-refractivity contribution in [1.29, 1.82) is 0 Å². The molecule has 1 rings (SSSR count). The summed E-state index contributed by atoms with van der Waals surface area (Å²) >= 11 is 0. The number of nitrogens with two attached hydrogens (primary N) is 1. The van der Waals surface area contributed by atoms with Gasteiger partial charge in [-0.15, -0.1) is 5.10 Å². The van der Waals surface area contributed by atoms with Gasteiger partial charge >= 0.3 is 0 Å². The van der Waals surface area contributed by atoms with Gasteiger partial charge in [-0.25, -0.2) is 0 Å². The van der Waals surface area contributed by atoms with E-state index in [0.717, 1.165) is 19.4 Å². The lowest BCUT2D eigenvalue weighted by molar-refractivity contribution is -0.121. The zero-order valence-corrected chi connectivity index (χ0v) is 12.1. The van der Waals surface area contributed by atoms with Gasteiger partial charge in [0.2, 0.25) is 5.91 Å². The lowest BCUT2D eigenvalue weighted by Gasteiger charge is -2.22. The van der Waals surface area contributed by atoms with Crippen molar-refractivity contribution in [3.8, 4) is 0 Å². The lowest BCUT2D eigenvalue weighted by atomic mass is 9.87. The number of carbonyl (C=O) groups is 1. The molecule has 3 N–H and O–H groups in total. The maximum atomic E-state index is 11.7. The first kappa shape index (κ1) is 15.6. The highest BCUT2D eigenvalue weighted by Crippen LogP contribution is 2.20. The monoisotopic (exact) mass is 267 g/mol. The minimum Gasteiger partial charge on any atom is -0.356 e. The van der Waals surface area contributed by atoms with Crippen LogP contribution in [0.5, 0.6) is 0 Å². The molecule has 1 heterocycles. The van der Waals surface area contributed by atoms with Gasteiger partial charge in [0.25, 0.3) is 0 Å². The van der Waals surface area contributed by atoms with E-state index in [1.54, 1.807) is 17.1 Å². The van der Waals surface area contributed by atoms with Gasteiger partial charge in [0.05, 0.1) is 6.20 Å². The van der Waals surface area contributed by atoms with Gasteiger partial charge in [-0.3, -0.25) is 9.48 Å². The standard InChI is InChI=1S/C13H25N5O/c1-13(2,3)10-11(14)9-12(19)15-5-4-7-18-8-6-16-17-18/h6,8,11H,4-5,7,9-10,14H2,1-3H3,(H,15,19). The zero-order valence-electron chi connectivity index (χ0n) is 12.1. The highest BCUT2D eigenvalue weighted by molar-refractivity contribution is 5.76. The summed E-state index contributed by atoms with van der Waals surface area (Å²) in [5.74, 6) is 0.0235. The van der Waals surface area contributed by atoms with Crippen LogP contribution >= 0.6 is 0 Å². The maximum absolute atomic E-state index is 11.7. The van der Waals surface area contributed by atoms with Crippen molar-refractivity contribution in [2.45, 2.75) is 52.6 Å². The van der Waals surface area contributed by atoms with Crippen LogP contribution in [0.15, 0.2) is 12.4 Å². The van der Waals surface area contributed by atoms with Crippen molar-refractivity contribution >= 4 is 5.91 Å². The summed E-state index contributed by atoms with van der Waals surface area (Å²) in [7, 11) is 0. The quantitative estimate of drug-likeness (QED) is 0.720. The number of amides is 1. The van der Waals surface area contributed by atoms with E-state index in [1.165, 1.54) is 0 Å². The topological polar surface area (TPSA) is 85.8 Å². The van der Waals surface area contributed by atoms with Crippen molar-refractivity contribution in [2.75, 3.05) is 6.54 Å². The molecule has 0 fully saturated rings. The number of rotatable bonds is 7.